The summed E-state index contributed by atoms with van der Waals surface area (Å²) in [4.78, 5) is 38.0. The van der Waals surface area contributed by atoms with E-state index in [2.05, 4.69) is 93.7 Å². The SMILES string of the molecule is CC/C=C\C/C=C\C/C=C\CCCCCCCCC(=O)OCC(COC(=O)CCCCC/C=C\CCCCCCCCC)OC(=O)CCCCCCCC/C=C\C=C/CCCCC. The number of ether oxygens (including phenoxy) is 3. The van der Waals surface area contributed by atoms with Crippen molar-refractivity contribution in [3.8, 4) is 0 Å². The lowest BCUT2D eigenvalue weighted by Gasteiger charge is -2.18. The van der Waals surface area contributed by atoms with E-state index < -0.39 is 6.10 Å². The molecule has 0 aliphatic rings. The average molecular weight is 879 g/mol. The molecule has 0 fully saturated rings. The van der Waals surface area contributed by atoms with Gasteiger partial charge in [-0.05, 0) is 103 Å². The van der Waals surface area contributed by atoms with E-state index in [0.29, 0.717) is 19.3 Å². The van der Waals surface area contributed by atoms with Crippen molar-refractivity contribution in [2.24, 2.45) is 0 Å². The summed E-state index contributed by atoms with van der Waals surface area (Å²) in [7, 11) is 0. The quantitative estimate of drug-likeness (QED) is 0.0199. The fourth-order valence-corrected chi connectivity index (χ4v) is 7.21. The Kier molecular flexibility index (Phi) is 48.9. The Labute approximate surface area is 389 Å². The van der Waals surface area contributed by atoms with Crippen LogP contribution >= 0.6 is 0 Å². The first kappa shape index (κ1) is 59.9. The molecule has 6 nitrogen and oxygen atoms in total. The number of carbonyl (C=O) groups is 3. The number of allylic oxidation sites excluding steroid dienone is 12. The van der Waals surface area contributed by atoms with Crippen LogP contribution in [0.4, 0.5) is 0 Å². The van der Waals surface area contributed by atoms with Gasteiger partial charge in [0.15, 0.2) is 6.10 Å². The van der Waals surface area contributed by atoms with Crippen molar-refractivity contribution < 1.29 is 28.6 Å². The third-order valence-electron chi connectivity index (χ3n) is 11.2. The molecule has 63 heavy (non-hydrogen) atoms. The molecule has 0 aromatic heterocycles. The molecule has 6 heteroatoms. The van der Waals surface area contributed by atoms with Crippen molar-refractivity contribution in [2.75, 3.05) is 13.2 Å². The number of carbonyl (C=O) groups excluding carboxylic acids is 3. The predicted octanol–water partition coefficient (Wildman–Crippen LogP) is 17.4. The molecule has 0 bridgehead atoms. The van der Waals surface area contributed by atoms with Gasteiger partial charge in [-0.3, -0.25) is 14.4 Å². The van der Waals surface area contributed by atoms with E-state index in [1.54, 1.807) is 0 Å². The van der Waals surface area contributed by atoms with E-state index >= 15 is 0 Å². The van der Waals surface area contributed by atoms with Crippen LogP contribution in [0.15, 0.2) is 72.9 Å². The summed E-state index contributed by atoms with van der Waals surface area (Å²) in [6.07, 6.45) is 64.5. The number of esters is 3. The van der Waals surface area contributed by atoms with Crippen molar-refractivity contribution >= 4 is 17.9 Å². The first-order valence-corrected chi connectivity index (χ1v) is 26.5. The molecule has 0 aromatic rings. The number of unbranched alkanes of at least 4 members (excludes halogenated alkanes) is 25. The Morgan fingerprint density at radius 3 is 1.13 bits per heavy atom. The van der Waals surface area contributed by atoms with Crippen molar-refractivity contribution in [1.82, 2.24) is 0 Å². The highest BCUT2D eigenvalue weighted by molar-refractivity contribution is 5.71. The van der Waals surface area contributed by atoms with Crippen molar-refractivity contribution in [3.63, 3.8) is 0 Å². The maximum atomic E-state index is 12.8. The van der Waals surface area contributed by atoms with Crippen LogP contribution in [0.1, 0.15) is 252 Å². The maximum absolute atomic E-state index is 12.8. The number of hydrogen-bond donors (Lipinski definition) is 0. The van der Waals surface area contributed by atoms with Crippen molar-refractivity contribution in [3.05, 3.63) is 72.9 Å². The molecule has 0 rings (SSSR count). The second kappa shape index (κ2) is 51.5. The molecule has 0 N–H and O–H groups in total. The molecule has 0 heterocycles. The van der Waals surface area contributed by atoms with Crippen LogP contribution in [0.5, 0.6) is 0 Å². The van der Waals surface area contributed by atoms with Gasteiger partial charge in [-0.1, -0.05) is 203 Å². The van der Waals surface area contributed by atoms with E-state index in [4.69, 9.17) is 14.2 Å². The standard InChI is InChI=1S/C57H98O6/c1-4-7-10-13-16-19-22-25-28-30-32-35-38-41-44-47-50-56(59)62-53-54(52-61-55(58)49-46-43-40-37-34-31-27-24-21-18-15-12-9-6-3)63-57(60)51-48-45-42-39-36-33-29-26-23-20-17-14-11-8-5-2/h7,10,16-17,19-20,23,25-26,28,31,34,54H,4-6,8-9,11-15,18,21-22,24,27,29-30,32-33,35-53H2,1-3H3/b10-7-,19-16-,20-17-,26-23-,28-25-,34-31-. The zero-order valence-corrected chi connectivity index (χ0v) is 41.3. The summed E-state index contributed by atoms with van der Waals surface area (Å²) in [5.41, 5.74) is 0. The van der Waals surface area contributed by atoms with Crippen LogP contribution in [0.25, 0.3) is 0 Å². The molecule has 1 atom stereocenters. The summed E-state index contributed by atoms with van der Waals surface area (Å²) >= 11 is 0. The van der Waals surface area contributed by atoms with Gasteiger partial charge >= 0.3 is 17.9 Å². The first-order chi connectivity index (χ1) is 31.0. The largest absolute Gasteiger partial charge is 0.462 e. The third kappa shape index (κ3) is 49.7. The molecular formula is C57H98O6. The van der Waals surface area contributed by atoms with Gasteiger partial charge in [0.05, 0.1) is 0 Å². The molecule has 0 saturated carbocycles. The second-order valence-corrected chi connectivity index (χ2v) is 17.4. The summed E-state index contributed by atoms with van der Waals surface area (Å²) < 4.78 is 16.8. The lowest BCUT2D eigenvalue weighted by molar-refractivity contribution is -0.167. The van der Waals surface area contributed by atoms with Crippen LogP contribution in [0, 0.1) is 0 Å². The summed E-state index contributed by atoms with van der Waals surface area (Å²) in [6.45, 7) is 6.46. The molecule has 0 aromatic carbocycles. The van der Waals surface area contributed by atoms with Gasteiger partial charge in [-0.15, -0.1) is 0 Å². The van der Waals surface area contributed by atoms with Crippen molar-refractivity contribution in [2.45, 2.75) is 258 Å². The monoisotopic (exact) mass is 879 g/mol. The Morgan fingerprint density at radius 2 is 0.667 bits per heavy atom. The predicted molar refractivity (Wildman–Crippen MR) is 270 cm³/mol. The van der Waals surface area contributed by atoms with E-state index in [9.17, 15) is 14.4 Å². The topological polar surface area (TPSA) is 78.9 Å². The zero-order valence-electron chi connectivity index (χ0n) is 41.3. The van der Waals surface area contributed by atoms with Gasteiger partial charge in [0.1, 0.15) is 13.2 Å². The highest BCUT2D eigenvalue weighted by atomic mass is 16.6. The van der Waals surface area contributed by atoms with Crippen LogP contribution in [-0.2, 0) is 28.6 Å². The summed E-state index contributed by atoms with van der Waals surface area (Å²) in [5, 5.41) is 0. The second-order valence-electron chi connectivity index (χ2n) is 17.4. The minimum atomic E-state index is -0.792. The third-order valence-corrected chi connectivity index (χ3v) is 11.2. The molecule has 0 amide bonds. The normalized spacial score (nSPS) is 12.6. The van der Waals surface area contributed by atoms with E-state index in [-0.39, 0.29) is 31.1 Å². The van der Waals surface area contributed by atoms with Gasteiger partial charge < -0.3 is 14.2 Å². The maximum Gasteiger partial charge on any atom is 0.306 e. The molecule has 0 aliphatic heterocycles. The molecule has 362 valence electrons. The van der Waals surface area contributed by atoms with Gasteiger partial charge in [-0.25, -0.2) is 0 Å². The Hall–Kier alpha value is -3.15. The highest BCUT2D eigenvalue weighted by Crippen LogP contribution is 2.14. The average Bonchev–Trinajstić information content (AvgIpc) is 3.28. The minimum absolute atomic E-state index is 0.0919. The Bertz CT molecular complexity index is 1190. The highest BCUT2D eigenvalue weighted by Gasteiger charge is 2.19. The smallest absolute Gasteiger partial charge is 0.306 e. The van der Waals surface area contributed by atoms with E-state index in [0.717, 1.165) is 109 Å². The van der Waals surface area contributed by atoms with E-state index in [1.165, 1.54) is 103 Å². The van der Waals surface area contributed by atoms with Crippen LogP contribution in [0.2, 0.25) is 0 Å². The molecular weight excluding hydrogens is 781 g/mol. The lowest BCUT2D eigenvalue weighted by atomic mass is 10.1. The fraction of sp³-hybridized carbons (Fsp3) is 0.737. The molecule has 0 aliphatic carbocycles. The summed E-state index contributed by atoms with van der Waals surface area (Å²) in [6, 6.07) is 0. The molecule has 0 radical (unpaired) electrons. The van der Waals surface area contributed by atoms with Crippen LogP contribution in [0.3, 0.4) is 0 Å². The number of rotatable bonds is 47. The molecule has 1 unspecified atom stereocenters. The Balaban J connectivity index is 4.44. The fourth-order valence-electron chi connectivity index (χ4n) is 7.21. The minimum Gasteiger partial charge on any atom is -0.462 e. The van der Waals surface area contributed by atoms with E-state index in [1.807, 2.05) is 0 Å². The zero-order chi connectivity index (χ0) is 45.8. The Morgan fingerprint density at radius 1 is 0.349 bits per heavy atom. The molecule has 0 spiro atoms. The molecule has 0 saturated heterocycles. The van der Waals surface area contributed by atoms with Gasteiger partial charge in [0.2, 0.25) is 0 Å². The van der Waals surface area contributed by atoms with Crippen molar-refractivity contribution in [1.29, 1.82) is 0 Å². The van der Waals surface area contributed by atoms with Gasteiger partial charge in [-0.2, -0.15) is 0 Å². The van der Waals surface area contributed by atoms with Gasteiger partial charge in [0.25, 0.3) is 0 Å². The van der Waals surface area contributed by atoms with Crippen LogP contribution < -0.4 is 0 Å². The van der Waals surface area contributed by atoms with Gasteiger partial charge in [0, 0.05) is 19.3 Å². The first-order valence-electron chi connectivity index (χ1n) is 26.5. The lowest BCUT2D eigenvalue weighted by Crippen LogP contribution is -2.30. The number of hydrogen-bond acceptors (Lipinski definition) is 6. The van der Waals surface area contributed by atoms with Crippen LogP contribution in [-0.4, -0.2) is 37.2 Å². The summed E-state index contributed by atoms with van der Waals surface area (Å²) in [5.74, 6) is -0.929.